The standard InChI is InChI=1S/C26H29NO4/c1-18-12-13-22(15-19(18)2)27-20(3)16-24(21(27)4)25(28)17-31-26(29)11-8-14-30-23-9-6-5-7-10-23/h5-7,9-10,12-13,15-16H,8,11,14,17H2,1-4H3. The van der Waals surface area contributed by atoms with Gasteiger partial charge in [-0.05, 0) is 75.6 Å². The van der Waals surface area contributed by atoms with E-state index in [1.54, 1.807) is 0 Å². The van der Waals surface area contributed by atoms with Crippen LogP contribution in [0.2, 0.25) is 0 Å². The third kappa shape index (κ3) is 5.63. The molecule has 0 atom stereocenters. The molecule has 0 saturated heterocycles. The quantitative estimate of drug-likeness (QED) is 0.268. The number of benzene rings is 2. The zero-order chi connectivity index (χ0) is 22.4. The Morgan fingerprint density at radius 1 is 0.903 bits per heavy atom. The maximum Gasteiger partial charge on any atom is 0.306 e. The number of esters is 1. The molecule has 0 aliphatic carbocycles. The average molecular weight is 420 g/mol. The summed E-state index contributed by atoms with van der Waals surface area (Å²) < 4.78 is 12.8. The van der Waals surface area contributed by atoms with Crippen molar-refractivity contribution in [3.63, 3.8) is 0 Å². The highest BCUT2D eigenvalue weighted by Gasteiger charge is 2.18. The number of carbonyl (C=O) groups is 2. The molecule has 0 unspecified atom stereocenters. The van der Waals surface area contributed by atoms with Gasteiger partial charge in [-0.25, -0.2) is 0 Å². The summed E-state index contributed by atoms with van der Waals surface area (Å²) >= 11 is 0. The third-order valence-electron chi connectivity index (χ3n) is 5.38. The van der Waals surface area contributed by atoms with E-state index >= 15 is 0 Å². The molecular formula is C26H29NO4. The first kappa shape index (κ1) is 22.3. The van der Waals surface area contributed by atoms with E-state index in [-0.39, 0.29) is 18.8 Å². The normalized spacial score (nSPS) is 10.7. The van der Waals surface area contributed by atoms with Crippen molar-refractivity contribution < 1.29 is 19.1 Å². The van der Waals surface area contributed by atoms with Crippen molar-refractivity contribution >= 4 is 11.8 Å². The van der Waals surface area contributed by atoms with Crippen LogP contribution in [0, 0.1) is 27.7 Å². The van der Waals surface area contributed by atoms with Gasteiger partial charge in [-0.2, -0.15) is 0 Å². The lowest BCUT2D eigenvalue weighted by Gasteiger charge is -2.12. The minimum Gasteiger partial charge on any atom is -0.494 e. The number of hydrogen-bond acceptors (Lipinski definition) is 4. The molecule has 0 spiro atoms. The van der Waals surface area contributed by atoms with E-state index in [2.05, 4.69) is 30.5 Å². The second kappa shape index (κ2) is 10.1. The molecule has 0 radical (unpaired) electrons. The highest BCUT2D eigenvalue weighted by atomic mass is 16.5. The zero-order valence-electron chi connectivity index (χ0n) is 18.6. The Morgan fingerprint density at radius 2 is 1.65 bits per heavy atom. The summed E-state index contributed by atoms with van der Waals surface area (Å²) in [5.74, 6) is 0.176. The molecule has 5 nitrogen and oxygen atoms in total. The summed E-state index contributed by atoms with van der Waals surface area (Å²) in [7, 11) is 0. The van der Waals surface area contributed by atoms with E-state index in [1.165, 1.54) is 11.1 Å². The lowest BCUT2D eigenvalue weighted by Crippen LogP contribution is -2.15. The second-order valence-corrected chi connectivity index (χ2v) is 7.74. The summed E-state index contributed by atoms with van der Waals surface area (Å²) in [4.78, 5) is 24.7. The highest BCUT2D eigenvalue weighted by molar-refractivity contribution is 5.99. The molecule has 162 valence electrons. The van der Waals surface area contributed by atoms with Gasteiger partial charge < -0.3 is 14.0 Å². The fraction of sp³-hybridized carbons (Fsp3) is 0.308. The van der Waals surface area contributed by atoms with E-state index in [4.69, 9.17) is 9.47 Å². The maximum absolute atomic E-state index is 12.7. The lowest BCUT2D eigenvalue weighted by atomic mass is 10.1. The van der Waals surface area contributed by atoms with Crippen LogP contribution < -0.4 is 4.74 Å². The van der Waals surface area contributed by atoms with Gasteiger partial charge in [-0.1, -0.05) is 24.3 Å². The molecule has 1 heterocycles. The molecule has 1 aromatic heterocycles. The van der Waals surface area contributed by atoms with Crippen LogP contribution in [-0.2, 0) is 9.53 Å². The number of aryl methyl sites for hydroxylation is 3. The molecule has 3 aromatic rings. The summed E-state index contributed by atoms with van der Waals surface area (Å²) in [6, 6.07) is 17.5. The van der Waals surface area contributed by atoms with Gasteiger partial charge in [0.2, 0.25) is 5.78 Å². The molecule has 0 fully saturated rings. The topological polar surface area (TPSA) is 57.5 Å². The van der Waals surface area contributed by atoms with Crippen LogP contribution >= 0.6 is 0 Å². The van der Waals surface area contributed by atoms with E-state index in [0.717, 1.165) is 22.8 Å². The molecule has 3 rings (SSSR count). The van der Waals surface area contributed by atoms with Crippen LogP contribution in [0.25, 0.3) is 5.69 Å². The van der Waals surface area contributed by atoms with Crippen molar-refractivity contribution in [2.24, 2.45) is 0 Å². The van der Waals surface area contributed by atoms with Crippen LogP contribution in [0.5, 0.6) is 5.75 Å². The number of hydrogen-bond donors (Lipinski definition) is 0. The minimum atomic E-state index is -0.395. The van der Waals surface area contributed by atoms with Crippen molar-refractivity contribution in [2.75, 3.05) is 13.2 Å². The summed E-state index contributed by atoms with van der Waals surface area (Å²) in [6.07, 6.45) is 0.741. The molecule has 5 heteroatoms. The van der Waals surface area contributed by atoms with Gasteiger partial charge >= 0.3 is 5.97 Å². The van der Waals surface area contributed by atoms with E-state index in [1.807, 2.05) is 56.3 Å². The summed E-state index contributed by atoms with van der Waals surface area (Å²) in [5.41, 5.74) is 5.83. The first-order valence-corrected chi connectivity index (χ1v) is 10.5. The van der Waals surface area contributed by atoms with Crippen molar-refractivity contribution in [3.8, 4) is 11.4 Å². The van der Waals surface area contributed by atoms with Crippen molar-refractivity contribution in [3.05, 3.63) is 82.7 Å². The minimum absolute atomic E-state index is 0.197. The van der Waals surface area contributed by atoms with Gasteiger partial charge in [-0.15, -0.1) is 0 Å². The van der Waals surface area contributed by atoms with Crippen molar-refractivity contribution in [1.82, 2.24) is 4.57 Å². The highest BCUT2D eigenvalue weighted by Crippen LogP contribution is 2.23. The number of ether oxygens (including phenoxy) is 2. The fourth-order valence-corrected chi connectivity index (χ4v) is 3.53. The predicted molar refractivity (Wildman–Crippen MR) is 121 cm³/mol. The molecular weight excluding hydrogens is 390 g/mol. The van der Waals surface area contributed by atoms with Crippen LogP contribution in [0.15, 0.2) is 54.6 Å². The van der Waals surface area contributed by atoms with Gasteiger partial charge in [0, 0.05) is 29.1 Å². The fourth-order valence-electron chi connectivity index (χ4n) is 3.53. The Morgan fingerprint density at radius 3 is 2.35 bits per heavy atom. The predicted octanol–water partition coefficient (Wildman–Crippen LogP) is 5.30. The van der Waals surface area contributed by atoms with Gasteiger partial charge in [0.05, 0.1) is 6.61 Å². The Balaban J connectivity index is 1.53. The average Bonchev–Trinajstić information content (AvgIpc) is 3.06. The molecule has 0 aliphatic rings. The number of rotatable bonds is 9. The Kier molecular flexibility index (Phi) is 7.29. The van der Waals surface area contributed by atoms with Crippen LogP contribution in [0.4, 0.5) is 0 Å². The van der Waals surface area contributed by atoms with Crippen LogP contribution in [0.1, 0.15) is 45.7 Å². The summed E-state index contributed by atoms with van der Waals surface area (Å²) in [6.45, 7) is 8.20. The number of ketones is 1. The number of aromatic nitrogens is 1. The van der Waals surface area contributed by atoms with E-state index in [9.17, 15) is 9.59 Å². The second-order valence-electron chi connectivity index (χ2n) is 7.74. The van der Waals surface area contributed by atoms with Crippen molar-refractivity contribution in [1.29, 1.82) is 0 Å². The number of para-hydroxylation sites is 1. The molecule has 0 saturated carbocycles. The van der Waals surface area contributed by atoms with Crippen molar-refractivity contribution in [2.45, 2.75) is 40.5 Å². The molecule has 0 aliphatic heterocycles. The Labute approximate surface area is 183 Å². The monoisotopic (exact) mass is 419 g/mol. The smallest absolute Gasteiger partial charge is 0.306 e. The molecule has 31 heavy (non-hydrogen) atoms. The maximum atomic E-state index is 12.7. The van der Waals surface area contributed by atoms with E-state index < -0.39 is 5.97 Å². The molecule has 0 bridgehead atoms. The first-order valence-electron chi connectivity index (χ1n) is 10.5. The van der Waals surface area contributed by atoms with Gasteiger partial charge in [0.15, 0.2) is 6.61 Å². The lowest BCUT2D eigenvalue weighted by molar-refractivity contribution is -0.142. The zero-order valence-corrected chi connectivity index (χ0v) is 18.6. The number of carbonyl (C=O) groups excluding carboxylic acids is 2. The van der Waals surface area contributed by atoms with Crippen LogP contribution in [0.3, 0.4) is 0 Å². The Bertz CT molecular complexity index is 1070. The van der Waals surface area contributed by atoms with Gasteiger partial charge in [0.25, 0.3) is 0 Å². The SMILES string of the molecule is Cc1ccc(-n2c(C)cc(C(=O)COC(=O)CCCOc3ccccc3)c2C)cc1C. The molecule has 0 amide bonds. The number of Topliss-reactive ketones (excluding diaryl/α,β-unsaturated/α-hetero) is 1. The third-order valence-corrected chi connectivity index (χ3v) is 5.38. The Hall–Kier alpha value is -3.34. The number of nitrogens with zero attached hydrogens (tertiary/aromatic N) is 1. The first-order chi connectivity index (χ1) is 14.9. The van der Waals surface area contributed by atoms with E-state index in [0.29, 0.717) is 18.6 Å². The van der Waals surface area contributed by atoms with Crippen LogP contribution in [-0.4, -0.2) is 29.5 Å². The summed E-state index contributed by atoms with van der Waals surface area (Å²) in [5, 5.41) is 0. The molecule has 0 N–H and O–H groups in total. The van der Waals surface area contributed by atoms with Gasteiger partial charge in [0.1, 0.15) is 5.75 Å². The van der Waals surface area contributed by atoms with Gasteiger partial charge in [-0.3, -0.25) is 9.59 Å². The molecule has 2 aromatic carbocycles. The largest absolute Gasteiger partial charge is 0.494 e.